The number of ether oxygens (including phenoxy) is 1. The van der Waals surface area contributed by atoms with Gasteiger partial charge in [0.1, 0.15) is 0 Å². The van der Waals surface area contributed by atoms with Gasteiger partial charge >= 0.3 is 0 Å². The molecule has 0 atom stereocenters. The lowest BCUT2D eigenvalue weighted by atomic mass is 10.0. The molecule has 0 saturated carbocycles. The lowest BCUT2D eigenvalue weighted by Gasteiger charge is -2.10. The first-order valence-electron chi connectivity index (χ1n) is 7.53. The fourth-order valence-corrected chi connectivity index (χ4v) is 2.40. The van der Waals surface area contributed by atoms with Crippen LogP contribution in [0.2, 0.25) is 0 Å². The van der Waals surface area contributed by atoms with Gasteiger partial charge in [-0.15, -0.1) is 0 Å². The Morgan fingerprint density at radius 3 is 2.23 bits per heavy atom. The molecular formula is C20H19NO. The summed E-state index contributed by atoms with van der Waals surface area (Å²) in [6.45, 7) is 4.68. The van der Waals surface area contributed by atoms with Crippen LogP contribution in [-0.2, 0) is 0 Å². The topological polar surface area (TPSA) is 22.1 Å². The Bertz CT molecular complexity index is 748. The van der Waals surface area contributed by atoms with E-state index in [0.717, 1.165) is 16.8 Å². The molecular weight excluding hydrogens is 270 g/mol. The van der Waals surface area contributed by atoms with E-state index >= 15 is 0 Å². The summed E-state index contributed by atoms with van der Waals surface area (Å²) in [5.74, 6) is 0.666. The van der Waals surface area contributed by atoms with Crippen molar-refractivity contribution < 1.29 is 4.74 Å². The summed E-state index contributed by atoms with van der Waals surface area (Å²) in [7, 11) is 0. The van der Waals surface area contributed by atoms with Gasteiger partial charge < -0.3 is 4.74 Å². The van der Waals surface area contributed by atoms with E-state index in [1.165, 1.54) is 11.1 Å². The summed E-state index contributed by atoms with van der Waals surface area (Å²) < 4.78 is 5.64. The second-order valence-electron chi connectivity index (χ2n) is 5.24. The van der Waals surface area contributed by atoms with Crippen LogP contribution in [0.4, 0.5) is 0 Å². The van der Waals surface area contributed by atoms with Crippen LogP contribution in [0.5, 0.6) is 5.88 Å². The van der Waals surface area contributed by atoms with Gasteiger partial charge in [-0.2, -0.15) is 0 Å². The molecule has 2 heteroatoms. The monoisotopic (exact) mass is 289 g/mol. The minimum absolute atomic E-state index is 0.610. The fraction of sp³-hybridized carbons (Fsp3) is 0.150. The zero-order valence-electron chi connectivity index (χ0n) is 12.9. The highest BCUT2D eigenvalue weighted by molar-refractivity contribution is 5.71. The van der Waals surface area contributed by atoms with Gasteiger partial charge in [-0.1, -0.05) is 60.2 Å². The maximum atomic E-state index is 5.64. The molecule has 22 heavy (non-hydrogen) atoms. The third kappa shape index (κ3) is 3.17. The minimum atomic E-state index is 0.610. The number of pyridine rings is 1. The van der Waals surface area contributed by atoms with Crippen molar-refractivity contribution in [3.63, 3.8) is 0 Å². The number of benzene rings is 2. The van der Waals surface area contributed by atoms with Gasteiger partial charge in [-0.05, 0) is 31.0 Å². The Hall–Kier alpha value is -2.61. The van der Waals surface area contributed by atoms with Crippen molar-refractivity contribution in [2.45, 2.75) is 13.8 Å². The van der Waals surface area contributed by atoms with Crippen molar-refractivity contribution >= 4 is 0 Å². The van der Waals surface area contributed by atoms with E-state index in [1.54, 1.807) is 0 Å². The zero-order chi connectivity index (χ0) is 15.4. The first kappa shape index (κ1) is 14.3. The SMILES string of the molecule is CCOc1cc(-c2ccc(C)cc2)cc(-c2ccccc2)n1. The molecule has 0 aliphatic carbocycles. The van der Waals surface area contributed by atoms with E-state index in [-0.39, 0.29) is 0 Å². The summed E-state index contributed by atoms with van der Waals surface area (Å²) in [5.41, 5.74) is 5.58. The van der Waals surface area contributed by atoms with E-state index in [4.69, 9.17) is 4.74 Å². The Morgan fingerprint density at radius 1 is 0.818 bits per heavy atom. The summed E-state index contributed by atoms with van der Waals surface area (Å²) in [6, 6.07) is 22.8. The molecule has 2 nitrogen and oxygen atoms in total. The van der Waals surface area contributed by atoms with Crippen molar-refractivity contribution in [1.82, 2.24) is 4.98 Å². The highest BCUT2D eigenvalue weighted by Gasteiger charge is 2.07. The van der Waals surface area contributed by atoms with Crippen molar-refractivity contribution in [1.29, 1.82) is 0 Å². The van der Waals surface area contributed by atoms with E-state index in [2.05, 4.69) is 54.4 Å². The average molecular weight is 289 g/mol. The van der Waals surface area contributed by atoms with Crippen LogP contribution in [-0.4, -0.2) is 11.6 Å². The molecule has 0 unspecified atom stereocenters. The number of aryl methyl sites for hydroxylation is 1. The van der Waals surface area contributed by atoms with E-state index in [0.29, 0.717) is 12.5 Å². The fourth-order valence-electron chi connectivity index (χ4n) is 2.40. The number of rotatable bonds is 4. The Labute approximate surface area is 131 Å². The number of aromatic nitrogens is 1. The molecule has 0 fully saturated rings. The van der Waals surface area contributed by atoms with Crippen LogP contribution in [0.25, 0.3) is 22.4 Å². The second kappa shape index (κ2) is 6.44. The van der Waals surface area contributed by atoms with Crippen LogP contribution >= 0.6 is 0 Å². The third-order valence-electron chi connectivity index (χ3n) is 3.55. The first-order chi connectivity index (χ1) is 10.8. The van der Waals surface area contributed by atoms with E-state index in [1.807, 2.05) is 31.2 Å². The molecule has 0 aliphatic rings. The van der Waals surface area contributed by atoms with Gasteiger partial charge in [0.15, 0.2) is 0 Å². The lowest BCUT2D eigenvalue weighted by molar-refractivity contribution is 0.327. The quantitative estimate of drug-likeness (QED) is 0.665. The molecule has 0 saturated heterocycles. The zero-order valence-corrected chi connectivity index (χ0v) is 12.9. The lowest BCUT2D eigenvalue weighted by Crippen LogP contribution is -1.96. The van der Waals surface area contributed by atoms with Gasteiger partial charge in [0.2, 0.25) is 5.88 Å². The van der Waals surface area contributed by atoms with Gasteiger partial charge in [0, 0.05) is 11.6 Å². The summed E-state index contributed by atoms with van der Waals surface area (Å²) >= 11 is 0. The third-order valence-corrected chi connectivity index (χ3v) is 3.55. The standard InChI is InChI=1S/C20H19NO/c1-3-22-20-14-18(16-11-9-15(2)10-12-16)13-19(21-20)17-7-5-4-6-8-17/h4-14H,3H2,1-2H3. The van der Waals surface area contributed by atoms with Crippen molar-refractivity contribution in [2.75, 3.05) is 6.61 Å². The Kier molecular flexibility index (Phi) is 4.19. The van der Waals surface area contributed by atoms with Crippen LogP contribution in [0, 0.1) is 6.92 Å². The molecule has 2 aromatic carbocycles. The van der Waals surface area contributed by atoms with Gasteiger partial charge in [-0.3, -0.25) is 0 Å². The molecule has 3 rings (SSSR count). The molecule has 0 bridgehead atoms. The van der Waals surface area contributed by atoms with Crippen LogP contribution in [0.15, 0.2) is 66.7 Å². The van der Waals surface area contributed by atoms with Crippen molar-refractivity contribution in [2.24, 2.45) is 0 Å². The molecule has 0 amide bonds. The molecule has 1 heterocycles. The summed E-state index contributed by atoms with van der Waals surface area (Å²) in [6.07, 6.45) is 0. The van der Waals surface area contributed by atoms with Crippen molar-refractivity contribution in [3.05, 3.63) is 72.3 Å². The first-order valence-corrected chi connectivity index (χ1v) is 7.53. The highest BCUT2D eigenvalue weighted by Crippen LogP contribution is 2.28. The molecule has 0 spiro atoms. The minimum Gasteiger partial charge on any atom is -0.478 e. The molecule has 0 radical (unpaired) electrons. The number of nitrogens with zero attached hydrogens (tertiary/aromatic N) is 1. The van der Waals surface area contributed by atoms with Gasteiger partial charge in [0.05, 0.1) is 12.3 Å². The predicted molar refractivity (Wildman–Crippen MR) is 91.0 cm³/mol. The van der Waals surface area contributed by atoms with Crippen LogP contribution in [0.1, 0.15) is 12.5 Å². The average Bonchev–Trinajstić information content (AvgIpc) is 2.56. The van der Waals surface area contributed by atoms with Gasteiger partial charge in [0.25, 0.3) is 0 Å². The van der Waals surface area contributed by atoms with Crippen molar-refractivity contribution in [3.8, 4) is 28.3 Å². The van der Waals surface area contributed by atoms with Crippen LogP contribution in [0.3, 0.4) is 0 Å². The Balaban J connectivity index is 2.09. The molecule has 3 aromatic rings. The summed E-state index contributed by atoms with van der Waals surface area (Å²) in [5, 5.41) is 0. The molecule has 0 aliphatic heterocycles. The van der Waals surface area contributed by atoms with Crippen LogP contribution < -0.4 is 4.74 Å². The Morgan fingerprint density at radius 2 is 1.55 bits per heavy atom. The molecule has 110 valence electrons. The maximum Gasteiger partial charge on any atom is 0.214 e. The smallest absolute Gasteiger partial charge is 0.214 e. The number of hydrogen-bond donors (Lipinski definition) is 0. The highest BCUT2D eigenvalue weighted by atomic mass is 16.5. The van der Waals surface area contributed by atoms with E-state index < -0.39 is 0 Å². The van der Waals surface area contributed by atoms with Gasteiger partial charge in [-0.25, -0.2) is 4.98 Å². The molecule has 0 N–H and O–H groups in total. The normalized spacial score (nSPS) is 10.5. The largest absolute Gasteiger partial charge is 0.478 e. The molecule has 1 aromatic heterocycles. The second-order valence-corrected chi connectivity index (χ2v) is 5.24. The summed E-state index contributed by atoms with van der Waals surface area (Å²) in [4.78, 5) is 4.61. The maximum absolute atomic E-state index is 5.64. The predicted octanol–water partition coefficient (Wildman–Crippen LogP) is 5.12. The number of hydrogen-bond acceptors (Lipinski definition) is 2. The van der Waals surface area contributed by atoms with E-state index in [9.17, 15) is 0 Å².